The van der Waals surface area contributed by atoms with Gasteiger partial charge >= 0.3 is 6.18 Å². The van der Waals surface area contributed by atoms with Gasteiger partial charge in [0, 0.05) is 28.2 Å². The molecular weight excluding hydrogens is 367 g/mol. The first-order valence-electron chi connectivity index (χ1n) is 8.47. The molecule has 0 spiro atoms. The van der Waals surface area contributed by atoms with Gasteiger partial charge in [0.05, 0.1) is 18.7 Å². The lowest BCUT2D eigenvalue weighted by atomic mass is 10.1. The molecule has 0 saturated carbocycles. The third-order valence-electron chi connectivity index (χ3n) is 4.62. The monoisotopic (exact) mass is 381 g/mol. The maximum Gasteiger partial charge on any atom is 0.408 e. The van der Waals surface area contributed by atoms with Gasteiger partial charge < -0.3 is 9.09 Å². The minimum absolute atomic E-state index is 0.0151. The molecule has 0 N–H and O–H groups in total. The van der Waals surface area contributed by atoms with Crippen molar-refractivity contribution in [3.05, 3.63) is 83.0 Å². The van der Waals surface area contributed by atoms with Crippen LogP contribution in [-0.4, -0.2) is 9.72 Å². The van der Waals surface area contributed by atoms with E-state index in [4.69, 9.17) is 11.1 Å². The van der Waals surface area contributed by atoms with E-state index in [1.165, 1.54) is 12.1 Å². The standard InChI is InChI=1S/C21H14F3N3O/c1-13-10-16-19(9-8-17(25-2)20(16)21(22,23)24)27(13)12-15-11-18(26-28-15)14-6-4-3-5-7-14/h3-11H,12H2,1H3. The fourth-order valence-electron chi connectivity index (χ4n) is 3.34. The minimum atomic E-state index is -4.61. The van der Waals surface area contributed by atoms with Crippen molar-refractivity contribution in [2.45, 2.75) is 19.6 Å². The lowest BCUT2D eigenvalue weighted by Crippen LogP contribution is -2.06. The molecule has 0 aliphatic heterocycles. The van der Waals surface area contributed by atoms with Gasteiger partial charge in [0.15, 0.2) is 11.4 Å². The lowest BCUT2D eigenvalue weighted by Gasteiger charge is -2.11. The van der Waals surface area contributed by atoms with Crippen molar-refractivity contribution in [2.75, 3.05) is 0 Å². The summed E-state index contributed by atoms with van der Waals surface area (Å²) in [6.45, 7) is 9.03. The zero-order valence-corrected chi connectivity index (χ0v) is 14.8. The van der Waals surface area contributed by atoms with E-state index in [9.17, 15) is 13.2 Å². The average molecular weight is 381 g/mol. The SMILES string of the molecule is [C-]#[N+]c1ccc2c(cc(C)n2Cc2cc(-c3ccccc3)no2)c1C(F)(F)F. The summed E-state index contributed by atoms with van der Waals surface area (Å²) in [5.41, 5.74) is 1.30. The number of hydrogen-bond donors (Lipinski definition) is 0. The van der Waals surface area contributed by atoms with E-state index in [1.807, 2.05) is 30.3 Å². The second-order valence-electron chi connectivity index (χ2n) is 6.42. The zero-order valence-electron chi connectivity index (χ0n) is 14.8. The second-order valence-corrected chi connectivity index (χ2v) is 6.42. The third kappa shape index (κ3) is 3.03. The molecule has 2 heterocycles. The van der Waals surface area contributed by atoms with E-state index >= 15 is 0 Å². The highest BCUT2D eigenvalue weighted by Gasteiger charge is 2.36. The number of rotatable bonds is 3. The highest BCUT2D eigenvalue weighted by molar-refractivity contribution is 5.90. The molecule has 0 radical (unpaired) electrons. The lowest BCUT2D eigenvalue weighted by molar-refractivity contribution is -0.135. The first kappa shape index (κ1) is 17.9. The number of hydrogen-bond acceptors (Lipinski definition) is 2. The van der Waals surface area contributed by atoms with Crippen LogP contribution in [0.2, 0.25) is 0 Å². The van der Waals surface area contributed by atoms with E-state index < -0.39 is 17.4 Å². The average Bonchev–Trinajstić information content (AvgIpc) is 3.26. The van der Waals surface area contributed by atoms with Crippen molar-refractivity contribution in [1.82, 2.24) is 9.72 Å². The van der Waals surface area contributed by atoms with Gasteiger partial charge in [-0.3, -0.25) is 0 Å². The predicted molar refractivity (Wildman–Crippen MR) is 99.0 cm³/mol. The van der Waals surface area contributed by atoms with Crippen molar-refractivity contribution in [1.29, 1.82) is 0 Å². The largest absolute Gasteiger partial charge is 0.408 e. The van der Waals surface area contributed by atoms with E-state index in [2.05, 4.69) is 10.0 Å². The van der Waals surface area contributed by atoms with E-state index in [-0.39, 0.29) is 11.9 Å². The molecule has 0 aliphatic carbocycles. The van der Waals surface area contributed by atoms with Crippen molar-refractivity contribution in [3.63, 3.8) is 0 Å². The smallest absolute Gasteiger partial charge is 0.359 e. The molecule has 0 unspecified atom stereocenters. The zero-order chi connectivity index (χ0) is 19.9. The summed E-state index contributed by atoms with van der Waals surface area (Å²) in [5.74, 6) is 0.530. The molecule has 0 amide bonds. The Bertz CT molecular complexity index is 1200. The molecule has 0 fully saturated rings. The molecule has 0 saturated heterocycles. The molecule has 4 rings (SSSR count). The summed E-state index contributed by atoms with van der Waals surface area (Å²) in [7, 11) is 0. The molecule has 7 heteroatoms. The van der Waals surface area contributed by atoms with Gasteiger partial charge in [-0.2, -0.15) is 13.2 Å². The number of aryl methyl sites for hydroxylation is 1. The summed E-state index contributed by atoms with van der Waals surface area (Å²) in [6, 6.07) is 15.5. The quantitative estimate of drug-likeness (QED) is 0.395. The van der Waals surface area contributed by atoms with Crippen molar-refractivity contribution < 1.29 is 17.7 Å². The Balaban J connectivity index is 1.78. The maximum absolute atomic E-state index is 13.5. The molecule has 28 heavy (non-hydrogen) atoms. The Morgan fingerprint density at radius 2 is 1.86 bits per heavy atom. The molecule has 2 aromatic carbocycles. The maximum atomic E-state index is 13.5. The minimum Gasteiger partial charge on any atom is -0.359 e. The van der Waals surface area contributed by atoms with E-state index in [0.29, 0.717) is 22.7 Å². The van der Waals surface area contributed by atoms with Gasteiger partial charge in [0.1, 0.15) is 5.69 Å². The first-order chi connectivity index (χ1) is 13.4. The van der Waals surface area contributed by atoms with Crippen LogP contribution in [0.15, 0.2) is 59.1 Å². The van der Waals surface area contributed by atoms with Crippen molar-refractivity contribution in [2.24, 2.45) is 0 Å². The Hall–Kier alpha value is -3.53. The van der Waals surface area contributed by atoms with Crippen LogP contribution in [0.3, 0.4) is 0 Å². The van der Waals surface area contributed by atoms with Gasteiger partial charge in [0.2, 0.25) is 0 Å². The summed E-state index contributed by atoms with van der Waals surface area (Å²) in [5, 5.41) is 4.07. The van der Waals surface area contributed by atoms with Crippen LogP contribution in [0, 0.1) is 13.5 Å². The summed E-state index contributed by atoms with van der Waals surface area (Å²) in [4.78, 5) is 3.04. The topological polar surface area (TPSA) is 35.3 Å². The van der Waals surface area contributed by atoms with Gasteiger partial charge in [-0.25, -0.2) is 4.85 Å². The van der Waals surface area contributed by atoms with Crippen LogP contribution in [0.4, 0.5) is 18.9 Å². The highest BCUT2D eigenvalue weighted by Crippen LogP contribution is 2.42. The summed E-state index contributed by atoms with van der Waals surface area (Å²) < 4.78 is 47.8. The molecule has 4 aromatic rings. The van der Waals surface area contributed by atoms with Gasteiger partial charge in [-0.05, 0) is 19.1 Å². The van der Waals surface area contributed by atoms with E-state index in [0.717, 1.165) is 5.56 Å². The van der Waals surface area contributed by atoms with Crippen LogP contribution in [-0.2, 0) is 12.7 Å². The Kier molecular flexibility index (Phi) is 4.19. The van der Waals surface area contributed by atoms with Gasteiger partial charge in [0.25, 0.3) is 0 Å². The number of alkyl halides is 3. The molecule has 140 valence electrons. The molecule has 2 aromatic heterocycles. The summed E-state index contributed by atoms with van der Waals surface area (Å²) in [6.07, 6.45) is -4.61. The van der Waals surface area contributed by atoms with Crippen molar-refractivity contribution >= 4 is 16.6 Å². The normalized spacial score (nSPS) is 11.7. The van der Waals surface area contributed by atoms with E-state index in [1.54, 1.807) is 23.6 Å². The molecule has 4 nitrogen and oxygen atoms in total. The fraction of sp³-hybridized carbons (Fsp3) is 0.143. The third-order valence-corrected chi connectivity index (χ3v) is 4.62. The van der Waals surface area contributed by atoms with Crippen LogP contribution in [0.25, 0.3) is 27.0 Å². The van der Waals surface area contributed by atoms with Crippen LogP contribution < -0.4 is 0 Å². The number of halogens is 3. The van der Waals surface area contributed by atoms with Crippen molar-refractivity contribution in [3.8, 4) is 11.3 Å². The number of fused-ring (bicyclic) bond motifs is 1. The molecule has 0 aliphatic rings. The highest BCUT2D eigenvalue weighted by atomic mass is 19.4. The second kappa shape index (κ2) is 6.57. The van der Waals surface area contributed by atoms with Crippen LogP contribution in [0.1, 0.15) is 17.0 Å². The van der Waals surface area contributed by atoms with Crippen LogP contribution >= 0.6 is 0 Å². The Morgan fingerprint density at radius 1 is 1.11 bits per heavy atom. The van der Waals surface area contributed by atoms with Gasteiger partial charge in [-0.1, -0.05) is 41.6 Å². The molecule has 0 bridgehead atoms. The molecule has 0 atom stereocenters. The van der Waals surface area contributed by atoms with Gasteiger partial charge in [-0.15, -0.1) is 0 Å². The van der Waals surface area contributed by atoms with Crippen LogP contribution in [0.5, 0.6) is 0 Å². The summed E-state index contributed by atoms with van der Waals surface area (Å²) >= 11 is 0. The first-order valence-corrected chi connectivity index (χ1v) is 8.47. The Morgan fingerprint density at radius 3 is 2.54 bits per heavy atom. The number of benzene rings is 2. The Labute approximate surface area is 158 Å². The fourth-order valence-corrected chi connectivity index (χ4v) is 3.34. The number of aromatic nitrogens is 2. The number of nitrogens with zero attached hydrogens (tertiary/aromatic N) is 3. The predicted octanol–water partition coefficient (Wildman–Crippen LogP) is 6.22. The molecular formula is C21H14F3N3O.